The molecule has 0 aromatic carbocycles. The molecule has 0 N–H and O–H groups in total. The standard InChI is InChI=1S/C18H17N3O2S/c1-12(14-5-2-3-9-19-14)21(13-7-8-13)18(22)16-11-20-17(24-16)15-6-4-10-23-15/h2-6,9-13H,7-8H2,1H3/t12-/m1/s1. The highest BCUT2D eigenvalue weighted by molar-refractivity contribution is 7.16. The van der Waals surface area contributed by atoms with E-state index in [9.17, 15) is 4.79 Å². The Morgan fingerprint density at radius 2 is 2.17 bits per heavy atom. The molecule has 0 saturated heterocycles. The first-order valence-corrected chi connectivity index (χ1v) is 8.79. The number of hydrogen-bond donors (Lipinski definition) is 0. The summed E-state index contributed by atoms with van der Waals surface area (Å²) in [5.74, 6) is 0.709. The number of pyridine rings is 1. The van der Waals surface area contributed by atoms with E-state index in [0.717, 1.165) is 23.5 Å². The lowest BCUT2D eigenvalue weighted by molar-refractivity contribution is 0.0675. The summed E-state index contributed by atoms with van der Waals surface area (Å²) in [7, 11) is 0. The number of hydrogen-bond acceptors (Lipinski definition) is 5. The third-order valence-electron chi connectivity index (χ3n) is 4.16. The van der Waals surface area contributed by atoms with Crippen molar-refractivity contribution < 1.29 is 9.21 Å². The third kappa shape index (κ3) is 2.85. The van der Waals surface area contributed by atoms with Crippen LogP contribution in [0.3, 0.4) is 0 Å². The van der Waals surface area contributed by atoms with Gasteiger partial charge in [0.05, 0.1) is 24.2 Å². The van der Waals surface area contributed by atoms with Crippen LogP contribution in [0.25, 0.3) is 10.8 Å². The first-order chi connectivity index (χ1) is 11.7. The predicted octanol–water partition coefficient (Wildman–Crippen LogP) is 4.16. The molecule has 1 amide bonds. The van der Waals surface area contributed by atoms with Gasteiger partial charge in [0, 0.05) is 12.2 Å². The maximum atomic E-state index is 13.1. The highest BCUT2D eigenvalue weighted by Crippen LogP contribution is 2.36. The summed E-state index contributed by atoms with van der Waals surface area (Å²) in [6, 6.07) is 9.71. The molecule has 0 bridgehead atoms. The number of carbonyl (C=O) groups excluding carboxylic acids is 1. The van der Waals surface area contributed by atoms with Crippen molar-refractivity contribution in [2.75, 3.05) is 0 Å². The predicted molar refractivity (Wildman–Crippen MR) is 91.7 cm³/mol. The van der Waals surface area contributed by atoms with Gasteiger partial charge in [0.2, 0.25) is 0 Å². The molecular formula is C18H17N3O2S. The zero-order valence-electron chi connectivity index (χ0n) is 13.3. The van der Waals surface area contributed by atoms with Crippen molar-refractivity contribution in [3.05, 3.63) is 59.6 Å². The molecule has 1 fully saturated rings. The molecule has 24 heavy (non-hydrogen) atoms. The van der Waals surface area contributed by atoms with Crippen LogP contribution in [0.4, 0.5) is 0 Å². The largest absolute Gasteiger partial charge is 0.462 e. The van der Waals surface area contributed by atoms with Crippen LogP contribution in [0.15, 0.2) is 53.4 Å². The van der Waals surface area contributed by atoms with E-state index in [4.69, 9.17) is 4.42 Å². The molecule has 4 rings (SSSR count). The lowest BCUT2D eigenvalue weighted by Crippen LogP contribution is -2.35. The van der Waals surface area contributed by atoms with Gasteiger partial charge in [-0.2, -0.15) is 0 Å². The Morgan fingerprint density at radius 1 is 1.29 bits per heavy atom. The highest BCUT2D eigenvalue weighted by Gasteiger charge is 2.37. The number of rotatable bonds is 5. The first-order valence-electron chi connectivity index (χ1n) is 7.97. The second-order valence-corrected chi connectivity index (χ2v) is 6.91. The Hall–Kier alpha value is -2.47. The molecule has 3 aromatic heterocycles. The second-order valence-electron chi connectivity index (χ2n) is 5.88. The minimum atomic E-state index is -0.0552. The van der Waals surface area contributed by atoms with E-state index in [1.807, 2.05) is 42.2 Å². The minimum Gasteiger partial charge on any atom is -0.462 e. The maximum absolute atomic E-state index is 13.1. The second kappa shape index (κ2) is 6.20. The lowest BCUT2D eigenvalue weighted by Gasteiger charge is -2.28. The number of thiazole rings is 1. The van der Waals surface area contributed by atoms with Crippen LogP contribution in [0, 0.1) is 0 Å². The van der Waals surface area contributed by atoms with E-state index in [-0.39, 0.29) is 11.9 Å². The molecule has 5 nitrogen and oxygen atoms in total. The monoisotopic (exact) mass is 339 g/mol. The average molecular weight is 339 g/mol. The normalized spacial score (nSPS) is 15.2. The highest BCUT2D eigenvalue weighted by atomic mass is 32.1. The van der Waals surface area contributed by atoms with Crippen LogP contribution in [0.5, 0.6) is 0 Å². The van der Waals surface area contributed by atoms with Gasteiger partial charge in [-0.25, -0.2) is 4.98 Å². The van der Waals surface area contributed by atoms with Crippen LogP contribution in [-0.4, -0.2) is 26.8 Å². The molecule has 1 aliphatic carbocycles. The maximum Gasteiger partial charge on any atom is 0.266 e. The van der Waals surface area contributed by atoms with Crippen molar-refractivity contribution in [3.8, 4) is 10.8 Å². The number of aromatic nitrogens is 2. The van der Waals surface area contributed by atoms with Gasteiger partial charge < -0.3 is 9.32 Å². The van der Waals surface area contributed by atoms with E-state index in [1.165, 1.54) is 11.3 Å². The molecule has 122 valence electrons. The van der Waals surface area contributed by atoms with Gasteiger partial charge in [-0.15, -0.1) is 11.3 Å². The smallest absolute Gasteiger partial charge is 0.266 e. The SMILES string of the molecule is C[C@H](c1ccccn1)N(C(=O)c1cnc(-c2ccco2)s1)C1CC1. The Morgan fingerprint density at radius 3 is 2.83 bits per heavy atom. The molecule has 3 aromatic rings. The molecule has 0 radical (unpaired) electrons. The fourth-order valence-electron chi connectivity index (χ4n) is 2.79. The molecule has 1 atom stereocenters. The molecule has 0 aliphatic heterocycles. The van der Waals surface area contributed by atoms with Gasteiger partial charge in [-0.1, -0.05) is 6.07 Å². The van der Waals surface area contributed by atoms with E-state index in [2.05, 4.69) is 9.97 Å². The quantitative estimate of drug-likeness (QED) is 0.700. The fourth-order valence-corrected chi connectivity index (χ4v) is 3.62. The van der Waals surface area contributed by atoms with Gasteiger partial charge in [0.15, 0.2) is 10.8 Å². The third-order valence-corrected chi connectivity index (χ3v) is 5.16. The number of nitrogens with zero attached hydrogens (tertiary/aromatic N) is 3. The Kier molecular flexibility index (Phi) is 3.90. The van der Waals surface area contributed by atoms with Crippen molar-refractivity contribution in [1.29, 1.82) is 0 Å². The van der Waals surface area contributed by atoms with Crippen LogP contribution in [0.2, 0.25) is 0 Å². The summed E-state index contributed by atoms with van der Waals surface area (Å²) >= 11 is 1.37. The Bertz CT molecular complexity index is 825. The summed E-state index contributed by atoms with van der Waals surface area (Å²) in [6.45, 7) is 2.03. The van der Waals surface area contributed by atoms with Gasteiger partial charge >= 0.3 is 0 Å². The summed E-state index contributed by atoms with van der Waals surface area (Å²) in [5.41, 5.74) is 0.911. The van der Waals surface area contributed by atoms with Gasteiger partial charge in [-0.05, 0) is 44.0 Å². The van der Waals surface area contributed by atoms with E-state index < -0.39 is 0 Å². The van der Waals surface area contributed by atoms with E-state index in [1.54, 1.807) is 18.7 Å². The molecule has 0 spiro atoms. The van der Waals surface area contributed by atoms with Crippen LogP contribution < -0.4 is 0 Å². The van der Waals surface area contributed by atoms with Crippen molar-refractivity contribution in [1.82, 2.24) is 14.9 Å². The topological polar surface area (TPSA) is 59.2 Å². The first kappa shape index (κ1) is 15.1. The number of carbonyl (C=O) groups is 1. The molecular weight excluding hydrogens is 322 g/mol. The summed E-state index contributed by atoms with van der Waals surface area (Å²) in [4.78, 5) is 24.4. The van der Waals surface area contributed by atoms with Crippen LogP contribution >= 0.6 is 11.3 Å². The Labute approximate surface area is 144 Å². The Balaban J connectivity index is 1.61. The van der Waals surface area contributed by atoms with Crippen LogP contribution in [-0.2, 0) is 0 Å². The number of amides is 1. The van der Waals surface area contributed by atoms with E-state index >= 15 is 0 Å². The molecule has 6 heteroatoms. The summed E-state index contributed by atoms with van der Waals surface area (Å²) < 4.78 is 5.36. The minimum absolute atomic E-state index is 0.0194. The average Bonchev–Trinajstić information content (AvgIpc) is 3.11. The molecule has 3 heterocycles. The number of furan rings is 1. The van der Waals surface area contributed by atoms with Crippen molar-refractivity contribution in [3.63, 3.8) is 0 Å². The van der Waals surface area contributed by atoms with Crippen molar-refractivity contribution >= 4 is 17.2 Å². The van der Waals surface area contributed by atoms with Gasteiger partial charge in [0.25, 0.3) is 5.91 Å². The lowest BCUT2D eigenvalue weighted by atomic mass is 10.1. The van der Waals surface area contributed by atoms with Gasteiger partial charge in [0.1, 0.15) is 4.88 Å². The summed E-state index contributed by atoms with van der Waals surface area (Å²) in [5, 5.41) is 0.726. The van der Waals surface area contributed by atoms with Crippen molar-refractivity contribution in [2.45, 2.75) is 31.8 Å². The summed E-state index contributed by atoms with van der Waals surface area (Å²) in [6.07, 6.45) is 7.12. The van der Waals surface area contributed by atoms with Crippen molar-refractivity contribution in [2.24, 2.45) is 0 Å². The van der Waals surface area contributed by atoms with Gasteiger partial charge in [-0.3, -0.25) is 9.78 Å². The fraction of sp³-hybridized carbons (Fsp3) is 0.278. The zero-order chi connectivity index (χ0) is 16.5. The molecule has 0 unspecified atom stereocenters. The van der Waals surface area contributed by atoms with Crippen LogP contribution in [0.1, 0.15) is 41.2 Å². The zero-order valence-corrected chi connectivity index (χ0v) is 14.1. The van der Waals surface area contributed by atoms with E-state index in [0.29, 0.717) is 16.7 Å². The molecule has 1 aliphatic rings. The molecule has 1 saturated carbocycles.